The van der Waals surface area contributed by atoms with Crippen LogP contribution in [-0.4, -0.2) is 9.97 Å². The maximum Gasteiger partial charge on any atom is 0.160 e. The standard InChI is InChI=1S/C14H13N3/c1-9-5-4-6-12(7-9)14-16-11(3)10(2)13(8-15)17-14/h4-7H,1-3H3. The van der Waals surface area contributed by atoms with Gasteiger partial charge in [0.05, 0.1) is 0 Å². The molecule has 1 aromatic heterocycles. The average Bonchev–Trinajstić information content (AvgIpc) is 2.32. The summed E-state index contributed by atoms with van der Waals surface area (Å²) in [5, 5.41) is 9.03. The molecule has 2 aromatic rings. The van der Waals surface area contributed by atoms with Gasteiger partial charge in [0.1, 0.15) is 11.8 Å². The zero-order chi connectivity index (χ0) is 12.4. The Morgan fingerprint density at radius 1 is 1.12 bits per heavy atom. The van der Waals surface area contributed by atoms with E-state index >= 15 is 0 Å². The van der Waals surface area contributed by atoms with Crippen LogP contribution in [0.5, 0.6) is 0 Å². The zero-order valence-corrected chi connectivity index (χ0v) is 10.2. The fourth-order valence-corrected chi connectivity index (χ4v) is 1.65. The molecule has 0 spiro atoms. The average molecular weight is 223 g/mol. The SMILES string of the molecule is Cc1cccc(-c2nc(C)c(C)c(C#N)n2)c1. The zero-order valence-electron chi connectivity index (χ0n) is 10.2. The van der Waals surface area contributed by atoms with E-state index in [1.807, 2.05) is 45.0 Å². The maximum absolute atomic E-state index is 9.03. The van der Waals surface area contributed by atoms with Gasteiger partial charge in [0.15, 0.2) is 5.82 Å². The van der Waals surface area contributed by atoms with Crippen LogP contribution < -0.4 is 0 Å². The van der Waals surface area contributed by atoms with Crippen LogP contribution in [0.1, 0.15) is 22.5 Å². The van der Waals surface area contributed by atoms with Crippen LogP contribution in [0, 0.1) is 32.1 Å². The lowest BCUT2D eigenvalue weighted by Gasteiger charge is -2.06. The molecule has 0 saturated carbocycles. The summed E-state index contributed by atoms with van der Waals surface area (Å²) in [7, 11) is 0. The fraction of sp³-hybridized carbons (Fsp3) is 0.214. The van der Waals surface area contributed by atoms with Crippen molar-refractivity contribution in [2.75, 3.05) is 0 Å². The molecule has 3 nitrogen and oxygen atoms in total. The summed E-state index contributed by atoms with van der Waals surface area (Å²) in [6, 6.07) is 10.1. The van der Waals surface area contributed by atoms with Crippen LogP contribution in [0.15, 0.2) is 24.3 Å². The van der Waals surface area contributed by atoms with Crippen molar-refractivity contribution in [3.8, 4) is 17.5 Å². The Balaban J connectivity index is 2.62. The first-order chi connectivity index (χ1) is 8.11. The van der Waals surface area contributed by atoms with Gasteiger partial charge in [-0.05, 0) is 26.8 Å². The molecule has 0 aliphatic carbocycles. The Morgan fingerprint density at radius 2 is 1.88 bits per heavy atom. The van der Waals surface area contributed by atoms with Gasteiger partial charge in [-0.15, -0.1) is 0 Å². The van der Waals surface area contributed by atoms with Crippen molar-refractivity contribution >= 4 is 0 Å². The number of aryl methyl sites for hydroxylation is 2. The van der Waals surface area contributed by atoms with Crippen LogP contribution in [0.25, 0.3) is 11.4 Å². The number of hydrogen-bond acceptors (Lipinski definition) is 3. The molecule has 17 heavy (non-hydrogen) atoms. The number of rotatable bonds is 1. The summed E-state index contributed by atoms with van der Waals surface area (Å²) in [5.41, 5.74) is 4.26. The molecule has 0 atom stereocenters. The molecule has 2 rings (SSSR count). The highest BCUT2D eigenvalue weighted by Gasteiger charge is 2.08. The second-order valence-electron chi connectivity index (χ2n) is 4.09. The smallest absolute Gasteiger partial charge is 0.160 e. The van der Waals surface area contributed by atoms with Crippen LogP contribution in [-0.2, 0) is 0 Å². The van der Waals surface area contributed by atoms with Crippen molar-refractivity contribution in [1.29, 1.82) is 5.26 Å². The van der Waals surface area contributed by atoms with E-state index in [-0.39, 0.29) is 0 Å². The van der Waals surface area contributed by atoms with Crippen molar-refractivity contribution in [2.45, 2.75) is 20.8 Å². The van der Waals surface area contributed by atoms with Gasteiger partial charge in [-0.2, -0.15) is 5.26 Å². The summed E-state index contributed by atoms with van der Waals surface area (Å²) in [6.07, 6.45) is 0. The van der Waals surface area contributed by atoms with Gasteiger partial charge >= 0.3 is 0 Å². The minimum Gasteiger partial charge on any atom is -0.233 e. The first-order valence-corrected chi connectivity index (χ1v) is 5.44. The molecule has 0 aliphatic heterocycles. The summed E-state index contributed by atoms with van der Waals surface area (Å²) < 4.78 is 0. The third-order valence-corrected chi connectivity index (χ3v) is 2.77. The minimum atomic E-state index is 0.453. The maximum atomic E-state index is 9.03. The first-order valence-electron chi connectivity index (χ1n) is 5.44. The molecule has 84 valence electrons. The Hall–Kier alpha value is -2.21. The predicted octanol–water partition coefficient (Wildman–Crippen LogP) is 2.94. The summed E-state index contributed by atoms with van der Waals surface area (Å²) in [6.45, 7) is 5.79. The number of hydrogen-bond donors (Lipinski definition) is 0. The highest BCUT2D eigenvalue weighted by atomic mass is 14.9. The molecule has 1 aromatic carbocycles. The van der Waals surface area contributed by atoms with E-state index in [9.17, 15) is 0 Å². The highest BCUT2D eigenvalue weighted by Crippen LogP contribution is 2.19. The second-order valence-corrected chi connectivity index (χ2v) is 4.09. The van der Waals surface area contributed by atoms with E-state index in [0.29, 0.717) is 11.5 Å². The van der Waals surface area contributed by atoms with Gasteiger partial charge in [0.25, 0.3) is 0 Å². The van der Waals surface area contributed by atoms with Crippen LogP contribution in [0.3, 0.4) is 0 Å². The first kappa shape index (κ1) is 11.3. The lowest BCUT2D eigenvalue weighted by Crippen LogP contribution is -1.99. The van der Waals surface area contributed by atoms with Gasteiger partial charge in [-0.1, -0.05) is 23.8 Å². The molecule has 0 unspecified atom stereocenters. The van der Waals surface area contributed by atoms with Gasteiger partial charge in [0.2, 0.25) is 0 Å². The van der Waals surface area contributed by atoms with Gasteiger partial charge < -0.3 is 0 Å². The normalized spacial score (nSPS) is 10.0. The highest BCUT2D eigenvalue weighted by molar-refractivity contribution is 5.57. The predicted molar refractivity (Wildman–Crippen MR) is 66.4 cm³/mol. The van der Waals surface area contributed by atoms with Crippen molar-refractivity contribution in [1.82, 2.24) is 9.97 Å². The quantitative estimate of drug-likeness (QED) is 0.746. The number of nitriles is 1. The third-order valence-electron chi connectivity index (χ3n) is 2.77. The van der Waals surface area contributed by atoms with Crippen LogP contribution in [0.4, 0.5) is 0 Å². The summed E-state index contributed by atoms with van der Waals surface area (Å²) >= 11 is 0. The summed E-state index contributed by atoms with van der Waals surface area (Å²) in [5.74, 6) is 0.619. The van der Waals surface area contributed by atoms with E-state index in [0.717, 1.165) is 22.4 Å². The fourth-order valence-electron chi connectivity index (χ4n) is 1.65. The molecular formula is C14H13N3. The van der Waals surface area contributed by atoms with Gasteiger partial charge in [0, 0.05) is 16.8 Å². The molecule has 0 amide bonds. The van der Waals surface area contributed by atoms with Gasteiger partial charge in [-0.25, -0.2) is 9.97 Å². The molecule has 3 heteroatoms. The van der Waals surface area contributed by atoms with E-state index < -0.39 is 0 Å². The lowest BCUT2D eigenvalue weighted by atomic mass is 10.1. The van der Waals surface area contributed by atoms with E-state index in [1.165, 1.54) is 0 Å². The van der Waals surface area contributed by atoms with Crippen molar-refractivity contribution in [3.05, 3.63) is 46.8 Å². The van der Waals surface area contributed by atoms with Crippen molar-refractivity contribution in [3.63, 3.8) is 0 Å². The molecule has 1 heterocycles. The van der Waals surface area contributed by atoms with Crippen molar-refractivity contribution < 1.29 is 0 Å². The molecule has 0 N–H and O–H groups in total. The molecule has 0 saturated heterocycles. The molecule has 0 bridgehead atoms. The molecule has 0 radical (unpaired) electrons. The Morgan fingerprint density at radius 3 is 2.53 bits per heavy atom. The van der Waals surface area contributed by atoms with Crippen LogP contribution >= 0.6 is 0 Å². The molecule has 0 fully saturated rings. The molecule has 0 aliphatic rings. The number of aromatic nitrogens is 2. The van der Waals surface area contributed by atoms with E-state index in [4.69, 9.17) is 5.26 Å². The van der Waals surface area contributed by atoms with E-state index in [2.05, 4.69) is 16.0 Å². The van der Waals surface area contributed by atoms with Crippen LogP contribution in [0.2, 0.25) is 0 Å². The number of nitrogens with zero attached hydrogens (tertiary/aromatic N) is 3. The third kappa shape index (κ3) is 2.16. The Labute approximate surface area is 101 Å². The largest absolute Gasteiger partial charge is 0.233 e. The Kier molecular flexibility index (Phi) is 2.88. The van der Waals surface area contributed by atoms with Gasteiger partial charge in [-0.3, -0.25) is 0 Å². The topological polar surface area (TPSA) is 49.6 Å². The van der Waals surface area contributed by atoms with E-state index in [1.54, 1.807) is 0 Å². The number of benzene rings is 1. The molecular weight excluding hydrogens is 210 g/mol. The second kappa shape index (κ2) is 4.34. The lowest BCUT2D eigenvalue weighted by molar-refractivity contribution is 1.05. The minimum absolute atomic E-state index is 0.453. The monoisotopic (exact) mass is 223 g/mol. The summed E-state index contributed by atoms with van der Waals surface area (Å²) in [4.78, 5) is 8.72. The Bertz CT molecular complexity index is 609. The van der Waals surface area contributed by atoms with Crippen molar-refractivity contribution in [2.24, 2.45) is 0 Å².